The first kappa shape index (κ1) is 19.6. The van der Waals surface area contributed by atoms with Crippen LogP contribution in [0.1, 0.15) is 29.2 Å². The van der Waals surface area contributed by atoms with Gasteiger partial charge in [-0.15, -0.1) is 22.0 Å². The first-order chi connectivity index (χ1) is 12.8. The number of nitrogens with zero attached hydrogens (tertiary/aromatic N) is 4. The molecule has 0 saturated heterocycles. The molecule has 10 heteroatoms. The van der Waals surface area contributed by atoms with Crippen LogP contribution in [0.15, 0.2) is 47.0 Å². The fourth-order valence-electron chi connectivity index (χ4n) is 2.53. The minimum atomic E-state index is -3.82. The number of aromatic nitrogens is 3. The quantitative estimate of drug-likeness (QED) is 0.695. The van der Waals surface area contributed by atoms with Crippen LogP contribution in [0.5, 0.6) is 0 Å². The summed E-state index contributed by atoms with van der Waals surface area (Å²) in [6.45, 7) is 1.25. The molecule has 0 spiro atoms. The molecule has 1 amide bonds. The standard InChI is InChI=1S/C17H16F2N4O2S2/c1-11(24)23-14(13-9-6-10-26-13)20-21-16(23)27-17(18,19)15(25)22(2)12-7-4-3-5-8-12/h3-8,10,13H,9H2,1-2H3. The zero-order valence-electron chi connectivity index (χ0n) is 14.5. The fraction of sp³-hybridized carbons (Fsp3) is 0.294. The van der Waals surface area contributed by atoms with Gasteiger partial charge in [0.25, 0.3) is 0 Å². The normalized spacial score (nSPS) is 16.5. The van der Waals surface area contributed by atoms with Gasteiger partial charge in [-0.05, 0) is 35.7 Å². The number of para-hydroxylation sites is 1. The number of allylic oxidation sites excluding steroid dienone is 1. The Balaban J connectivity index is 1.85. The van der Waals surface area contributed by atoms with Gasteiger partial charge in [0, 0.05) is 19.7 Å². The lowest BCUT2D eigenvalue weighted by atomic mass is 10.3. The lowest BCUT2D eigenvalue weighted by Crippen LogP contribution is -2.39. The van der Waals surface area contributed by atoms with Crippen molar-refractivity contribution in [3.05, 3.63) is 47.6 Å². The number of thioether (sulfide) groups is 2. The lowest BCUT2D eigenvalue weighted by Gasteiger charge is -2.22. The molecule has 1 atom stereocenters. The second-order valence-corrected chi connectivity index (χ2v) is 7.94. The average molecular weight is 410 g/mol. The van der Waals surface area contributed by atoms with Crippen LogP contribution in [0.2, 0.25) is 0 Å². The molecule has 6 nitrogen and oxygen atoms in total. The number of halogens is 2. The number of amides is 1. The van der Waals surface area contributed by atoms with Gasteiger partial charge in [-0.2, -0.15) is 8.78 Å². The van der Waals surface area contributed by atoms with Crippen molar-refractivity contribution in [1.29, 1.82) is 0 Å². The van der Waals surface area contributed by atoms with Crippen LogP contribution >= 0.6 is 23.5 Å². The number of hydrogen-bond acceptors (Lipinski definition) is 6. The molecule has 2 heterocycles. The number of rotatable bonds is 5. The molecule has 1 unspecified atom stereocenters. The Morgan fingerprint density at radius 1 is 1.30 bits per heavy atom. The third kappa shape index (κ3) is 4.06. The van der Waals surface area contributed by atoms with E-state index >= 15 is 0 Å². The van der Waals surface area contributed by atoms with Gasteiger partial charge in [0.2, 0.25) is 11.1 Å². The van der Waals surface area contributed by atoms with Crippen LogP contribution in [0.3, 0.4) is 0 Å². The highest BCUT2D eigenvalue weighted by molar-refractivity contribution is 8.02. The van der Waals surface area contributed by atoms with Gasteiger partial charge in [-0.25, -0.2) is 4.57 Å². The molecular formula is C17H16F2N4O2S2. The second kappa shape index (κ2) is 7.81. The zero-order valence-corrected chi connectivity index (χ0v) is 16.1. The average Bonchev–Trinajstić information content (AvgIpc) is 3.30. The highest BCUT2D eigenvalue weighted by Crippen LogP contribution is 2.41. The van der Waals surface area contributed by atoms with Gasteiger partial charge in [0.15, 0.2) is 5.82 Å². The molecule has 1 aromatic carbocycles. The summed E-state index contributed by atoms with van der Waals surface area (Å²) in [4.78, 5) is 25.2. The SMILES string of the molecule is CC(=O)n1c(SC(F)(F)C(=O)N(C)c2ccccc2)nnc1C1CC=CS1. The number of hydrogen-bond donors (Lipinski definition) is 0. The molecule has 142 valence electrons. The van der Waals surface area contributed by atoms with Crippen molar-refractivity contribution in [1.82, 2.24) is 14.8 Å². The number of benzene rings is 1. The molecule has 1 aromatic heterocycles. The first-order valence-corrected chi connectivity index (χ1v) is 9.74. The van der Waals surface area contributed by atoms with Crippen LogP contribution in [0.25, 0.3) is 0 Å². The molecule has 27 heavy (non-hydrogen) atoms. The molecule has 1 aliphatic heterocycles. The number of carbonyl (C=O) groups is 2. The minimum absolute atomic E-state index is 0.0741. The number of alkyl halides is 2. The van der Waals surface area contributed by atoms with E-state index in [2.05, 4.69) is 10.2 Å². The summed E-state index contributed by atoms with van der Waals surface area (Å²) in [6.07, 6.45) is 2.54. The molecule has 0 bridgehead atoms. The van der Waals surface area contributed by atoms with E-state index in [1.165, 1.54) is 25.7 Å². The van der Waals surface area contributed by atoms with Crippen molar-refractivity contribution in [3.8, 4) is 0 Å². The predicted octanol–water partition coefficient (Wildman–Crippen LogP) is 3.98. The molecule has 0 N–H and O–H groups in total. The Morgan fingerprint density at radius 3 is 2.59 bits per heavy atom. The molecule has 3 rings (SSSR count). The smallest absolute Gasteiger partial charge is 0.309 e. The summed E-state index contributed by atoms with van der Waals surface area (Å²) in [5.74, 6) is -1.58. The van der Waals surface area contributed by atoms with Crippen molar-refractivity contribution in [2.75, 3.05) is 11.9 Å². The Bertz CT molecular complexity index is 878. The Kier molecular flexibility index (Phi) is 5.66. The van der Waals surface area contributed by atoms with Crippen molar-refractivity contribution in [2.45, 2.75) is 29.0 Å². The predicted molar refractivity (Wildman–Crippen MR) is 101 cm³/mol. The van der Waals surface area contributed by atoms with Gasteiger partial charge in [-0.1, -0.05) is 24.3 Å². The molecule has 0 saturated carbocycles. The van der Waals surface area contributed by atoms with Crippen LogP contribution in [0.4, 0.5) is 14.5 Å². The molecule has 0 fully saturated rings. The maximum absolute atomic E-state index is 14.6. The van der Waals surface area contributed by atoms with E-state index in [1.807, 2.05) is 11.5 Å². The van der Waals surface area contributed by atoms with Crippen LogP contribution in [-0.2, 0) is 4.79 Å². The topological polar surface area (TPSA) is 68.1 Å². The maximum Gasteiger partial charge on any atom is 0.378 e. The fourth-order valence-corrected chi connectivity index (χ4v) is 4.28. The summed E-state index contributed by atoms with van der Waals surface area (Å²) in [5, 5.41) is 5.25. The minimum Gasteiger partial charge on any atom is -0.309 e. The van der Waals surface area contributed by atoms with Crippen LogP contribution < -0.4 is 4.90 Å². The van der Waals surface area contributed by atoms with Crippen molar-refractivity contribution >= 4 is 41.0 Å². The summed E-state index contributed by atoms with van der Waals surface area (Å²) < 4.78 is 30.3. The van der Waals surface area contributed by atoms with Gasteiger partial charge < -0.3 is 4.90 Å². The summed E-state index contributed by atoms with van der Waals surface area (Å²) >= 11 is 1.36. The summed E-state index contributed by atoms with van der Waals surface area (Å²) in [5.41, 5.74) is 0.338. The second-order valence-electron chi connectivity index (χ2n) is 5.75. The van der Waals surface area contributed by atoms with Gasteiger partial charge in [0.1, 0.15) is 0 Å². The monoisotopic (exact) mass is 410 g/mol. The van der Waals surface area contributed by atoms with E-state index in [-0.39, 0.29) is 22.2 Å². The van der Waals surface area contributed by atoms with Crippen LogP contribution in [-0.4, -0.2) is 38.9 Å². The summed E-state index contributed by atoms with van der Waals surface area (Å²) in [6, 6.07) is 8.13. The Hall–Kier alpha value is -2.20. The van der Waals surface area contributed by atoms with E-state index in [4.69, 9.17) is 0 Å². The molecular weight excluding hydrogens is 394 g/mol. The molecule has 2 aromatic rings. The van der Waals surface area contributed by atoms with Gasteiger partial charge >= 0.3 is 11.2 Å². The van der Waals surface area contributed by atoms with E-state index in [0.29, 0.717) is 17.9 Å². The molecule has 0 radical (unpaired) electrons. The number of carbonyl (C=O) groups excluding carboxylic acids is 2. The Morgan fingerprint density at radius 2 is 2.00 bits per heavy atom. The van der Waals surface area contributed by atoms with Gasteiger partial charge in [0.05, 0.1) is 5.25 Å². The van der Waals surface area contributed by atoms with Crippen molar-refractivity contribution in [3.63, 3.8) is 0 Å². The van der Waals surface area contributed by atoms with Gasteiger partial charge in [-0.3, -0.25) is 9.59 Å². The highest BCUT2D eigenvalue weighted by atomic mass is 32.2. The lowest BCUT2D eigenvalue weighted by molar-refractivity contribution is -0.131. The van der Waals surface area contributed by atoms with E-state index in [1.54, 1.807) is 30.3 Å². The van der Waals surface area contributed by atoms with E-state index < -0.39 is 17.1 Å². The Labute approximate surface area is 163 Å². The largest absolute Gasteiger partial charge is 0.378 e. The number of anilines is 1. The van der Waals surface area contributed by atoms with E-state index in [9.17, 15) is 18.4 Å². The summed E-state index contributed by atoms with van der Waals surface area (Å²) in [7, 11) is 1.27. The third-order valence-corrected chi connectivity index (χ3v) is 5.83. The van der Waals surface area contributed by atoms with Crippen molar-refractivity contribution < 1.29 is 18.4 Å². The third-order valence-electron chi connectivity index (χ3n) is 3.87. The van der Waals surface area contributed by atoms with Crippen LogP contribution in [0, 0.1) is 0 Å². The van der Waals surface area contributed by atoms with Crippen molar-refractivity contribution in [2.24, 2.45) is 0 Å². The molecule has 0 aliphatic carbocycles. The van der Waals surface area contributed by atoms with E-state index in [0.717, 1.165) is 9.47 Å². The molecule has 1 aliphatic rings. The zero-order chi connectivity index (χ0) is 19.6. The first-order valence-electron chi connectivity index (χ1n) is 7.98. The highest BCUT2D eigenvalue weighted by Gasteiger charge is 2.45. The maximum atomic E-state index is 14.6.